The summed E-state index contributed by atoms with van der Waals surface area (Å²) >= 11 is 0. The monoisotopic (exact) mass is 204 g/mol. The number of aryl methyl sites for hydroxylation is 1. The fourth-order valence-electron chi connectivity index (χ4n) is 1.75. The summed E-state index contributed by atoms with van der Waals surface area (Å²) in [6.45, 7) is 4.63. The van der Waals surface area contributed by atoms with Crippen LogP contribution in [0, 0.1) is 5.92 Å². The van der Waals surface area contributed by atoms with Crippen molar-refractivity contribution in [3.05, 3.63) is 29.3 Å². The number of carbonyl (C=O) groups is 1. The van der Waals surface area contributed by atoms with Gasteiger partial charge in [0, 0.05) is 0 Å². The van der Waals surface area contributed by atoms with E-state index in [0.29, 0.717) is 5.92 Å². The van der Waals surface area contributed by atoms with Gasteiger partial charge in [-0.3, -0.25) is 4.79 Å². The third-order valence-electron chi connectivity index (χ3n) is 2.71. The van der Waals surface area contributed by atoms with E-state index in [4.69, 9.17) is 4.74 Å². The average molecular weight is 204 g/mol. The van der Waals surface area contributed by atoms with Gasteiger partial charge < -0.3 is 4.74 Å². The number of fused-ring (bicyclic) bond motifs is 1. The van der Waals surface area contributed by atoms with Crippen LogP contribution in [0.5, 0.6) is 5.75 Å². The van der Waals surface area contributed by atoms with Crippen LogP contribution in [-0.4, -0.2) is 12.4 Å². The van der Waals surface area contributed by atoms with E-state index >= 15 is 0 Å². The third-order valence-corrected chi connectivity index (χ3v) is 2.71. The smallest absolute Gasteiger partial charge is 0.203 e. The lowest BCUT2D eigenvalue weighted by Crippen LogP contribution is -1.99. The second kappa shape index (κ2) is 4.05. The highest BCUT2D eigenvalue weighted by Gasteiger charge is 2.20. The van der Waals surface area contributed by atoms with Gasteiger partial charge in [-0.05, 0) is 36.5 Å². The summed E-state index contributed by atoms with van der Waals surface area (Å²) in [6.07, 6.45) is 2.20. The third kappa shape index (κ3) is 2.20. The Morgan fingerprint density at radius 3 is 2.93 bits per heavy atom. The van der Waals surface area contributed by atoms with Gasteiger partial charge >= 0.3 is 0 Å². The van der Waals surface area contributed by atoms with Crippen LogP contribution in [-0.2, 0) is 6.42 Å². The van der Waals surface area contributed by atoms with Crippen molar-refractivity contribution in [1.29, 1.82) is 0 Å². The van der Waals surface area contributed by atoms with Crippen LogP contribution in [0.25, 0.3) is 0 Å². The molecule has 0 unspecified atom stereocenters. The average Bonchev–Trinajstić information content (AvgIpc) is 2.57. The van der Waals surface area contributed by atoms with E-state index in [2.05, 4.69) is 19.9 Å². The van der Waals surface area contributed by atoms with E-state index in [0.717, 1.165) is 24.2 Å². The second-order valence-electron chi connectivity index (χ2n) is 4.47. The molecule has 2 heteroatoms. The first-order chi connectivity index (χ1) is 7.16. The van der Waals surface area contributed by atoms with E-state index in [1.54, 1.807) is 0 Å². The van der Waals surface area contributed by atoms with E-state index in [1.165, 1.54) is 5.56 Å². The molecule has 15 heavy (non-hydrogen) atoms. The molecule has 2 nitrogen and oxygen atoms in total. The van der Waals surface area contributed by atoms with Gasteiger partial charge in [0.25, 0.3) is 0 Å². The molecule has 0 saturated heterocycles. The van der Waals surface area contributed by atoms with Crippen molar-refractivity contribution in [3.8, 4) is 5.75 Å². The molecule has 0 fully saturated rings. The molecule has 0 aliphatic carbocycles. The fraction of sp³-hybridized carbons (Fsp3) is 0.462. The molecule has 0 amide bonds. The summed E-state index contributed by atoms with van der Waals surface area (Å²) < 4.78 is 5.24. The summed E-state index contributed by atoms with van der Waals surface area (Å²) in [5, 5.41) is 0. The van der Waals surface area contributed by atoms with Crippen molar-refractivity contribution in [2.24, 2.45) is 5.92 Å². The zero-order chi connectivity index (χ0) is 10.8. The van der Waals surface area contributed by atoms with E-state index in [9.17, 15) is 4.79 Å². The molecule has 0 bridgehead atoms. The van der Waals surface area contributed by atoms with Crippen LogP contribution in [0.4, 0.5) is 0 Å². The normalized spacial score (nSPS) is 14.2. The number of hydrogen-bond donors (Lipinski definition) is 0. The number of rotatable bonds is 3. The minimum absolute atomic E-state index is 0.108. The molecular formula is C13H16O2. The maximum atomic E-state index is 11.4. The summed E-state index contributed by atoms with van der Waals surface area (Å²) in [4.78, 5) is 11.4. The minimum atomic E-state index is 0.108. The Labute approximate surface area is 90.3 Å². The summed E-state index contributed by atoms with van der Waals surface area (Å²) in [6, 6.07) is 5.95. The summed E-state index contributed by atoms with van der Waals surface area (Å²) in [5.41, 5.74) is 2.00. The zero-order valence-corrected chi connectivity index (χ0v) is 9.25. The maximum Gasteiger partial charge on any atom is 0.203 e. The number of hydrogen-bond acceptors (Lipinski definition) is 2. The van der Waals surface area contributed by atoms with Crippen molar-refractivity contribution < 1.29 is 9.53 Å². The second-order valence-corrected chi connectivity index (χ2v) is 4.47. The summed E-state index contributed by atoms with van der Waals surface area (Å²) in [7, 11) is 0. The molecule has 0 aromatic heterocycles. The Morgan fingerprint density at radius 1 is 1.40 bits per heavy atom. The molecule has 0 spiro atoms. The predicted molar refractivity (Wildman–Crippen MR) is 59.4 cm³/mol. The van der Waals surface area contributed by atoms with Crippen molar-refractivity contribution >= 4 is 5.78 Å². The first kappa shape index (κ1) is 10.2. The number of ether oxygens (including phenoxy) is 1. The Kier molecular flexibility index (Phi) is 2.76. The van der Waals surface area contributed by atoms with Crippen LogP contribution in [0.2, 0.25) is 0 Å². The van der Waals surface area contributed by atoms with Gasteiger partial charge in [-0.1, -0.05) is 19.9 Å². The lowest BCUT2D eigenvalue weighted by Gasteiger charge is -2.05. The summed E-state index contributed by atoms with van der Waals surface area (Å²) in [5.74, 6) is 1.55. The van der Waals surface area contributed by atoms with Crippen LogP contribution < -0.4 is 4.74 Å². The molecule has 0 N–H and O–H groups in total. The van der Waals surface area contributed by atoms with E-state index in [-0.39, 0.29) is 12.4 Å². The van der Waals surface area contributed by atoms with Crippen LogP contribution in [0.3, 0.4) is 0 Å². The van der Waals surface area contributed by atoms with Crippen LogP contribution >= 0.6 is 0 Å². The Hall–Kier alpha value is -1.31. The molecule has 1 aliphatic rings. The number of ketones is 1. The first-order valence-corrected chi connectivity index (χ1v) is 5.46. The fourth-order valence-corrected chi connectivity index (χ4v) is 1.75. The highest BCUT2D eigenvalue weighted by atomic mass is 16.5. The van der Waals surface area contributed by atoms with E-state index in [1.807, 2.05) is 12.1 Å². The molecule has 1 aliphatic heterocycles. The van der Waals surface area contributed by atoms with Crippen LogP contribution in [0.15, 0.2) is 18.2 Å². The number of Topliss-reactive ketones (excluding diaryl/α,β-unsaturated/α-hetero) is 1. The van der Waals surface area contributed by atoms with Gasteiger partial charge in [0.15, 0.2) is 6.61 Å². The Bertz CT molecular complexity index is 380. The zero-order valence-electron chi connectivity index (χ0n) is 9.25. The van der Waals surface area contributed by atoms with Gasteiger partial charge in [-0.25, -0.2) is 0 Å². The van der Waals surface area contributed by atoms with E-state index < -0.39 is 0 Å². The number of carbonyl (C=O) groups excluding carboxylic acids is 1. The van der Waals surface area contributed by atoms with Gasteiger partial charge in [0.05, 0.1) is 5.56 Å². The molecule has 2 rings (SSSR count). The Balaban J connectivity index is 2.15. The van der Waals surface area contributed by atoms with Crippen molar-refractivity contribution in [1.82, 2.24) is 0 Å². The minimum Gasteiger partial charge on any atom is -0.485 e. The molecule has 0 radical (unpaired) electrons. The van der Waals surface area contributed by atoms with Crippen LogP contribution in [0.1, 0.15) is 36.2 Å². The van der Waals surface area contributed by atoms with Gasteiger partial charge in [-0.15, -0.1) is 0 Å². The van der Waals surface area contributed by atoms with Gasteiger partial charge in [0.1, 0.15) is 5.75 Å². The number of benzene rings is 1. The van der Waals surface area contributed by atoms with Crippen molar-refractivity contribution in [2.45, 2.75) is 26.7 Å². The Morgan fingerprint density at radius 2 is 2.20 bits per heavy atom. The topological polar surface area (TPSA) is 26.3 Å². The lowest BCUT2D eigenvalue weighted by molar-refractivity contribution is 0.0961. The van der Waals surface area contributed by atoms with Crippen molar-refractivity contribution in [2.75, 3.05) is 6.61 Å². The largest absolute Gasteiger partial charge is 0.485 e. The molecule has 80 valence electrons. The van der Waals surface area contributed by atoms with Crippen molar-refractivity contribution in [3.63, 3.8) is 0 Å². The quantitative estimate of drug-likeness (QED) is 0.756. The van der Waals surface area contributed by atoms with Gasteiger partial charge in [0.2, 0.25) is 5.78 Å². The first-order valence-electron chi connectivity index (χ1n) is 5.46. The molecule has 0 atom stereocenters. The molecule has 1 aromatic rings. The highest BCUT2D eigenvalue weighted by Crippen LogP contribution is 2.26. The predicted octanol–water partition coefficient (Wildman–Crippen LogP) is 2.85. The molecule has 1 aromatic carbocycles. The standard InChI is InChI=1S/C13H16O2/c1-9(2)3-4-10-5-6-13-11(7-10)12(14)8-15-13/h5-7,9H,3-4,8H2,1-2H3. The molecule has 0 saturated carbocycles. The SMILES string of the molecule is CC(C)CCc1ccc2c(c1)C(=O)CO2. The lowest BCUT2D eigenvalue weighted by atomic mass is 10.00. The maximum absolute atomic E-state index is 11.4. The highest BCUT2D eigenvalue weighted by molar-refractivity contribution is 6.02. The van der Waals surface area contributed by atoms with Gasteiger partial charge in [-0.2, -0.15) is 0 Å². The molecular weight excluding hydrogens is 188 g/mol. The molecule has 1 heterocycles.